The Labute approximate surface area is 207 Å². The molecule has 1 saturated heterocycles. The molecule has 4 aliphatic carbocycles. The van der Waals surface area contributed by atoms with E-state index in [9.17, 15) is 15.0 Å². The second-order valence-electron chi connectivity index (χ2n) is 15.3. The number of Topliss-reactive ketones (excluding diaryl/α,β-unsaturated/α-hetero) is 1. The Bertz CT molecular complexity index is 858. The molecule has 1 heterocycles. The first-order valence-electron chi connectivity index (χ1n) is 14.1. The van der Waals surface area contributed by atoms with Crippen molar-refractivity contribution >= 4 is 5.78 Å². The van der Waals surface area contributed by atoms with Crippen LogP contribution in [0.4, 0.5) is 0 Å². The summed E-state index contributed by atoms with van der Waals surface area (Å²) in [4.78, 5) is 14.2. The van der Waals surface area contributed by atoms with Crippen LogP contribution >= 0.6 is 0 Å². The van der Waals surface area contributed by atoms with Crippen LogP contribution in [0, 0.1) is 45.3 Å². The number of aliphatic hydroxyl groups excluding tert-OH is 1. The monoisotopic (exact) mass is 474 g/mol. The van der Waals surface area contributed by atoms with Crippen LogP contribution in [-0.2, 0) is 9.53 Å². The summed E-state index contributed by atoms with van der Waals surface area (Å²) in [6, 6.07) is 0. The molecule has 0 aromatic carbocycles. The van der Waals surface area contributed by atoms with Gasteiger partial charge >= 0.3 is 0 Å². The first-order valence-corrected chi connectivity index (χ1v) is 14.1. The highest BCUT2D eigenvalue weighted by Gasteiger charge is 2.72. The van der Waals surface area contributed by atoms with Crippen LogP contribution in [0.2, 0.25) is 0 Å². The first kappa shape index (κ1) is 25.2. The van der Waals surface area contributed by atoms with Crippen molar-refractivity contribution in [2.75, 3.05) is 0 Å². The van der Waals surface area contributed by atoms with Crippen molar-refractivity contribution in [3.05, 3.63) is 0 Å². The Morgan fingerprint density at radius 3 is 2.12 bits per heavy atom. The lowest BCUT2D eigenvalue weighted by atomic mass is 9.35. The summed E-state index contributed by atoms with van der Waals surface area (Å²) in [7, 11) is 0. The van der Waals surface area contributed by atoms with Crippen LogP contribution in [-0.4, -0.2) is 39.4 Å². The maximum absolute atomic E-state index is 14.2. The van der Waals surface area contributed by atoms with E-state index in [1.54, 1.807) is 0 Å². The Hall–Kier alpha value is -0.450. The number of carbonyl (C=O) groups is 1. The van der Waals surface area contributed by atoms with E-state index < -0.39 is 5.60 Å². The minimum absolute atomic E-state index is 0.00889. The van der Waals surface area contributed by atoms with Crippen molar-refractivity contribution in [1.82, 2.24) is 0 Å². The lowest BCUT2D eigenvalue weighted by molar-refractivity contribution is -0.222. The van der Waals surface area contributed by atoms with Gasteiger partial charge in [-0.15, -0.1) is 0 Å². The number of carbonyl (C=O) groups excluding carboxylic acids is 1. The third-order valence-electron chi connectivity index (χ3n) is 13.0. The van der Waals surface area contributed by atoms with Gasteiger partial charge in [0.15, 0.2) is 0 Å². The smallest absolute Gasteiger partial charge is 0.137 e. The van der Waals surface area contributed by atoms with Crippen molar-refractivity contribution < 1.29 is 19.7 Å². The highest BCUT2D eigenvalue weighted by Crippen LogP contribution is 2.75. The van der Waals surface area contributed by atoms with Gasteiger partial charge in [-0.2, -0.15) is 0 Å². The second-order valence-corrected chi connectivity index (χ2v) is 15.3. The number of aliphatic hydroxyl groups is 2. The molecule has 2 N–H and O–H groups in total. The lowest BCUT2D eigenvalue weighted by Gasteiger charge is -2.69. The molecule has 0 aromatic rings. The van der Waals surface area contributed by atoms with Crippen molar-refractivity contribution in [1.29, 1.82) is 0 Å². The van der Waals surface area contributed by atoms with E-state index in [1.807, 2.05) is 13.8 Å². The summed E-state index contributed by atoms with van der Waals surface area (Å²) in [5.41, 5.74) is -1.04. The number of rotatable bonds is 2. The fraction of sp³-hybridized carbons (Fsp3) is 0.967. The molecule has 5 fully saturated rings. The summed E-state index contributed by atoms with van der Waals surface area (Å²) in [5.74, 6) is 1.62. The number of ether oxygens (including phenoxy) is 1. The van der Waals surface area contributed by atoms with Crippen molar-refractivity contribution in [3.8, 4) is 0 Å². The highest BCUT2D eigenvalue weighted by molar-refractivity contribution is 5.84. The average Bonchev–Trinajstić information content (AvgIpc) is 3.30. The molecule has 5 aliphatic rings. The molecule has 194 valence electrons. The van der Waals surface area contributed by atoms with Crippen molar-refractivity contribution in [3.63, 3.8) is 0 Å². The van der Waals surface area contributed by atoms with Gasteiger partial charge < -0.3 is 14.9 Å². The standard InChI is InChI=1S/C30H50O4/c1-25(2)20-10-15-28(6)21(27(20,5)13-11-22(25)32)17-19(31)24-18(9-14-29(24,28)7)30(8)16-12-23(34-30)26(3,4)33/h18,20-24,32-33H,9-17H2,1-8H3/t18-,20-,21+,22-,23-,24-,27-,28+,29+,30+/m0/s1. The van der Waals surface area contributed by atoms with Crippen LogP contribution < -0.4 is 0 Å². The molecule has 4 nitrogen and oxygen atoms in total. The van der Waals surface area contributed by atoms with Crippen molar-refractivity contribution in [2.45, 2.75) is 137 Å². The number of ketones is 1. The molecule has 10 atom stereocenters. The molecule has 4 heteroatoms. The van der Waals surface area contributed by atoms with Gasteiger partial charge in [-0.25, -0.2) is 0 Å². The van der Waals surface area contributed by atoms with Gasteiger partial charge in [-0.05, 0) is 112 Å². The van der Waals surface area contributed by atoms with Crippen molar-refractivity contribution in [2.24, 2.45) is 45.3 Å². The molecule has 0 radical (unpaired) electrons. The Morgan fingerprint density at radius 2 is 1.50 bits per heavy atom. The number of hydrogen-bond donors (Lipinski definition) is 2. The second kappa shape index (κ2) is 7.32. The summed E-state index contributed by atoms with van der Waals surface area (Å²) in [5, 5.41) is 21.5. The zero-order valence-electron chi connectivity index (χ0n) is 23.0. The van der Waals surface area contributed by atoms with Gasteiger partial charge in [0.05, 0.1) is 23.4 Å². The Morgan fingerprint density at radius 1 is 0.853 bits per heavy atom. The lowest BCUT2D eigenvalue weighted by Crippen LogP contribution is -2.66. The van der Waals surface area contributed by atoms with Crippen LogP contribution in [0.1, 0.15) is 113 Å². The molecule has 0 unspecified atom stereocenters. The quantitative estimate of drug-likeness (QED) is 0.521. The van der Waals surface area contributed by atoms with Crippen LogP contribution in [0.25, 0.3) is 0 Å². The highest BCUT2D eigenvalue weighted by atomic mass is 16.5. The molecular formula is C30H50O4. The molecule has 1 aliphatic heterocycles. The molecular weight excluding hydrogens is 424 g/mol. The molecule has 0 bridgehead atoms. The third kappa shape index (κ3) is 3.09. The average molecular weight is 475 g/mol. The molecule has 0 spiro atoms. The maximum Gasteiger partial charge on any atom is 0.137 e. The predicted octanol–water partition coefficient (Wildman–Crippen LogP) is 5.92. The minimum atomic E-state index is -0.849. The van der Waals surface area contributed by atoms with E-state index in [1.165, 1.54) is 0 Å². The van der Waals surface area contributed by atoms with Gasteiger partial charge in [0.2, 0.25) is 0 Å². The minimum Gasteiger partial charge on any atom is -0.393 e. The van der Waals surface area contributed by atoms with E-state index >= 15 is 0 Å². The predicted molar refractivity (Wildman–Crippen MR) is 134 cm³/mol. The molecule has 0 amide bonds. The summed E-state index contributed by atoms with van der Waals surface area (Å²) < 4.78 is 6.62. The summed E-state index contributed by atoms with van der Waals surface area (Å²) in [6.07, 6.45) is 8.44. The SMILES string of the molecule is CC(C)(O)[C@@H]1CC[C@](C)([C@H]2CC[C@]3(C)[C@@H]2C(=O)C[C@@H]2[C@@]4(C)CC[C@H](O)C(C)(C)[C@@H]4CC[C@]23C)O1. The maximum atomic E-state index is 14.2. The van der Waals surface area contributed by atoms with Gasteiger partial charge in [0.1, 0.15) is 5.78 Å². The van der Waals surface area contributed by atoms with Crippen LogP contribution in [0.3, 0.4) is 0 Å². The fourth-order valence-electron chi connectivity index (χ4n) is 10.7. The first-order chi connectivity index (χ1) is 15.5. The molecule has 4 saturated carbocycles. The van der Waals surface area contributed by atoms with E-state index in [0.717, 1.165) is 51.4 Å². The molecule has 34 heavy (non-hydrogen) atoms. The van der Waals surface area contributed by atoms with Crippen LogP contribution in [0.15, 0.2) is 0 Å². The number of hydrogen-bond acceptors (Lipinski definition) is 4. The third-order valence-corrected chi connectivity index (χ3v) is 13.0. The largest absolute Gasteiger partial charge is 0.393 e. The summed E-state index contributed by atoms with van der Waals surface area (Å²) in [6.45, 7) is 17.9. The van der Waals surface area contributed by atoms with E-state index in [-0.39, 0.29) is 51.3 Å². The van der Waals surface area contributed by atoms with Gasteiger partial charge in [0, 0.05) is 12.3 Å². The molecule has 0 aromatic heterocycles. The Kier molecular flexibility index (Phi) is 5.42. The Balaban J connectivity index is 1.49. The van der Waals surface area contributed by atoms with E-state index in [2.05, 4.69) is 41.5 Å². The topological polar surface area (TPSA) is 66.8 Å². The normalized spacial score (nSPS) is 54.9. The number of fused-ring (bicyclic) bond motifs is 5. The van der Waals surface area contributed by atoms with Gasteiger partial charge in [-0.3, -0.25) is 4.79 Å². The van der Waals surface area contributed by atoms with E-state index in [0.29, 0.717) is 24.0 Å². The van der Waals surface area contributed by atoms with Crippen LogP contribution in [0.5, 0.6) is 0 Å². The summed E-state index contributed by atoms with van der Waals surface area (Å²) >= 11 is 0. The zero-order chi connectivity index (χ0) is 25.1. The van der Waals surface area contributed by atoms with Gasteiger partial charge in [0.25, 0.3) is 0 Å². The molecule has 5 rings (SSSR count). The fourth-order valence-corrected chi connectivity index (χ4v) is 10.7. The van der Waals surface area contributed by atoms with Gasteiger partial charge in [-0.1, -0.05) is 34.6 Å². The van der Waals surface area contributed by atoms with E-state index in [4.69, 9.17) is 4.74 Å². The zero-order valence-corrected chi connectivity index (χ0v) is 23.0.